The highest BCUT2D eigenvalue weighted by Crippen LogP contribution is 2.22. The number of sulfonamides is 2. The first-order chi connectivity index (χ1) is 7.62. The van der Waals surface area contributed by atoms with Gasteiger partial charge in [-0.1, -0.05) is 0 Å². The summed E-state index contributed by atoms with van der Waals surface area (Å²) < 4.78 is 44.5. The summed E-state index contributed by atoms with van der Waals surface area (Å²) in [5, 5.41) is 5.17. The lowest BCUT2D eigenvalue weighted by Crippen LogP contribution is -2.60. The van der Waals surface area contributed by atoms with Gasteiger partial charge in [-0.2, -0.15) is 0 Å². The van der Waals surface area contributed by atoms with Crippen LogP contribution in [0.4, 0.5) is 0 Å². The third-order valence-corrected chi connectivity index (χ3v) is 3.82. The SMILES string of the molecule is CNC1SCN(NS(C)(=O)=O)N1NS(C)(=O)=O. The smallest absolute Gasteiger partial charge is 0.222 e. The molecule has 1 rings (SSSR count). The van der Waals surface area contributed by atoms with Crippen molar-refractivity contribution in [3.63, 3.8) is 0 Å². The topological polar surface area (TPSA) is 111 Å². The maximum absolute atomic E-state index is 11.2. The van der Waals surface area contributed by atoms with Crippen LogP contribution in [0.15, 0.2) is 0 Å². The van der Waals surface area contributed by atoms with Crippen molar-refractivity contribution in [1.29, 1.82) is 0 Å². The van der Waals surface area contributed by atoms with Crippen molar-refractivity contribution in [3.05, 3.63) is 0 Å². The Hall–Kier alpha value is 0.0500. The van der Waals surface area contributed by atoms with Gasteiger partial charge in [0.25, 0.3) is 0 Å². The third kappa shape index (κ3) is 5.05. The van der Waals surface area contributed by atoms with Crippen LogP contribution in [0.25, 0.3) is 0 Å². The van der Waals surface area contributed by atoms with Gasteiger partial charge in [-0.15, -0.1) is 31.7 Å². The summed E-state index contributed by atoms with van der Waals surface area (Å²) in [7, 11) is -5.32. The molecule has 1 aliphatic rings. The Kier molecular flexibility index (Phi) is 4.76. The van der Waals surface area contributed by atoms with E-state index in [2.05, 4.69) is 15.0 Å². The average molecular weight is 305 g/mol. The first-order valence-electron chi connectivity index (χ1n) is 4.43. The van der Waals surface area contributed by atoms with E-state index in [1.807, 2.05) is 0 Å². The number of hydrogen-bond acceptors (Lipinski definition) is 8. The second-order valence-electron chi connectivity index (χ2n) is 3.41. The lowest BCUT2D eigenvalue weighted by molar-refractivity contribution is -0.0498. The minimum absolute atomic E-state index is 0.279. The lowest BCUT2D eigenvalue weighted by Gasteiger charge is -2.29. The minimum Gasteiger partial charge on any atom is -0.294 e. The van der Waals surface area contributed by atoms with E-state index in [4.69, 9.17) is 0 Å². The van der Waals surface area contributed by atoms with Crippen LogP contribution < -0.4 is 15.0 Å². The van der Waals surface area contributed by atoms with Gasteiger partial charge in [0.05, 0.1) is 18.4 Å². The zero-order chi connectivity index (χ0) is 13.3. The summed E-state index contributed by atoms with van der Waals surface area (Å²) in [6, 6.07) is 0. The predicted octanol–water partition coefficient (Wildman–Crippen LogP) is -2.36. The largest absolute Gasteiger partial charge is 0.294 e. The van der Waals surface area contributed by atoms with Crippen LogP contribution in [0.1, 0.15) is 0 Å². The molecule has 1 fully saturated rings. The number of nitrogens with zero attached hydrogens (tertiary/aromatic N) is 2. The third-order valence-electron chi connectivity index (χ3n) is 1.61. The number of rotatable bonds is 5. The van der Waals surface area contributed by atoms with E-state index < -0.39 is 20.0 Å². The second kappa shape index (κ2) is 5.36. The molecule has 0 spiro atoms. The molecule has 1 atom stereocenters. The van der Waals surface area contributed by atoms with Crippen LogP contribution in [-0.2, 0) is 20.0 Å². The lowest BCUT2D eigenvalue weighted by atomic mass is 11.0. The quantitative estimate of drug-likeness (QED) is 0.517. The van der Waals surface area contributed by atoms with Gasteiger partial charge >= 0.3 is 0 Å². The summed E-state index contributed by atoms with van der Waals surface area (Å²) in [6.45, 7) is 0. The van der Waals surface area contributed by atoms with Crippen molar-refractivity contribution in [3.8, 4) is 0 Å². The van der Waals surface area contributed by atoms with Crippen molar-refractivity contribution in [2.45, 2.75) is 5.50 Å². The van der Waals surface area contributed by atoms with Crippen LogP contribution in [0.5, 0.6) is 0 Å². The summed E-state index contributed by atoms with van der Waals surface area (Å²) in [6.07, 6.45) is 1.98. The Morgan fingerprint density at radius 3 is 2.06 bits per heavy atom. The molecule has 0 aromatic heterocycles. The van der Waals surface area contributed by atoms with Gasteiger partial charge in [-0.3, -0.25) is 5.32 Å². The molecule has 17 heavy (non-hydrogen) atoms. The summed E-state index contributed by atoms with van der Waals surface area (Å²) in [5.41, 5.74) is -0.390. The Morgan fingerprint density at radius 2 is 1.65 bits per heavy atom. The van der Waals surface area contributed by atoms with Crippen LogP contribution in [0.3, 0.4) is 0 Å². The zero-order valence-corrected chi connectivity index (χ0v) is 12.0. The normalized spacial score (nSPS) is 24.3. The highest BCUT2D eigenvalue weighted by Gasteiger charge is 2.35. The van der Waals surface area contributed by atoms with Crippen molar-refractivity contribution >= 4 is 31.8 Å². The van der Waals surface area contributed by atoms with Gasteiger partial charge in [0, 0.05) is 0 Å². The molecule has 0 aromatic carbocycles. The Bertz CT molecular complexity index is 462. The van der Waals surface area contributed by atoms with Crippen molar-refractivity contribution in [2.24, 2.45) is 0 Å². The summed E-state index contributed by atoms with van der Waals surface area (Å²) >= 11 is 1.33. The van der Waals surface area contributed by atoms with E-state index in [0.29, 0.717) is 0 Å². The molecule has 0 radical (unpaired) electrons. The van der Waals surface area contributed by atoms with Crippen molar-refractivity contribution in [2.75, 3.05) is 25.4 Å². The maximum Gasteiger partial charge on any atom is 0.222 e. The van der Waals surface area contributed by atoms with Gasteiger partial charge < -0.3 is 0 Å². The van der Waals surface area contributed by atoms with Crippen molar-refractivity contribution < 1.29 is 16.8 Å². The molecule has 0 aromatic rings. The molecule has 9 nitrogen and oxygen atoms in total. The molecule has 1 aliphatic heterocycles. The van der Waals surface area contributed by atoms with E-state index in [1.165, 1.54) is 22.0 Å². The molecule has 12 heteroatoms. The second-order valence-corrected chi connectivity index (χ2v) is 7.90. The van der Waals surface area contributed by atoms with Gasteiger partial charge in [-0.25, -0.2) is 16.8 Å². The molecule has 0 aliphatic carbocycles. The number of nitrogens with one attached hydrogen (secondary N) is 3. The predicted molar refractivity (Wildman–Crippen MR) is 64.9 cm³/mol. The summed E-state index contributed by atoms with van der Waals surface area (Å²) in [5.74, 6) is 0.279. The van der Waals surface area contributed by atoms with Crippen LogP contribution in [0.2, 0.25) is 0 Å². The van der Waals surface area contributed by atoms with Crippen LogP contribution in [0, 0.1) is 0 Å². The first-order valence-corrected chi connectivity index (χ1v) is 9.26. The average Bonchev–Trinajstić information content (AvgIpc) is 2.43. The standard InChI is InChI=1S/C5H15N5O4S3/c1-6-5-10(8-17(3,13)14)9(4-15-5)7-16(2,11)12/h5-8H,4H2,1-3H3. The Balaban J connectivity index is 2.83. The Labute approximate surface area is 105 Å². The molecule has 102 valence electrons. The zero-order valence-electron chi connectivity index (χ0n) is 9.54. The highest BCUT2D eigenvalue weighted by molar-refractivity contribution is 8.00. The fourth-order valence-electron chi connectivity index (χ4n) is 1.14. The van der Waals surface area contributed by atoms with E-state index in [9.17, 15) is 16.8 Å². The summed E-state index contributed by atoms with van der Waals surface area (Å²) in [4.78, 5) is 4.41. The van der Waals surface area contributed by atoms with Gasteiger partial charge in [-0.05, 0) is 7.05 Å². The minimum atomic E-state index is -3.49. The van der Waals surface area contributed by atoms with Gasteiger partial charge in [0.1, 0.15) is 5.50 Å². The maximum atomic E-state index is 11.2. The highest BCUT2D eigenvalue weighted by atomic mass is 32.2. The molecule has 1 unspecified atom stereocenters. The molecule has 3 N–H and O–H groups in total. The molecule has 0 amide bonds. The van der Waals surface area contributed by atoms with Crippen molar-refractivity contribution in [1.82, 2.24) is 25.2 Å². The molecular formula is C5H15N5O4S3. The fourth-order valence-corrected chi connectivity index (χ4v) is 3.31. The first kappa shape index (κ1) is 15.1. The Morgan fingerprint density at radius 1 is 1.12 bits per heavy atom. The van der Waals surface area contributed by atoms with Gasteiger partial charge in [0.15, 0.2) is 0 Å². The number of hydrazine groups is 3. The molecule has 0 saturated carbocycles. The molecule has 0 bridgehead atoms. The van der Waals surface area contributed by atoms with E-state index in [-0.39, 0.29) is 11.4 Å². The molecule has 1 heterocycles. The fraction of sp³-hybridized carbons (Fsp3) is 1.00. The number of thioether (sulfide) groups is 1. The molecule has 1 saturated heterocycles. The monoisotopic (exact) mass is 305 g/mol. The molecular weight excluding hydrogens is 290 g/mol. The van der Waals surface area contributed by atoms with Crippen LogP contribution in [-0.4, -0.2) is 58.0 Å². The van der Waals surface area contributed by atoms with E-state index >= 15 is 0 Å². The number of hydrogen-bond donors (Lipinski definition) is 3. The van der Waals surface area contributed by atoms with Crippen LogP contribution >= 0.6 is 11.8 Å². The van der Waals surface area contributed by atoms with E-state index in [1.54, 1.807) is 7.05 Å². The van der Waals surface area contributed by atoms with E-state index in [0.717, 1.165) is 12.5 Å². The van der Waals surface area contributed by atoms with Gasteiger partial charge in [0.2, 0.25) is 20.0 Å².